The summed E-state index contributed by atoms with van der Waals surface area (Å²) in [6.07, 6.45) is 0. The molecule has 6 heteroatoms. The number of carbonyl (C=O) groups excluding carboxylic acids is 2. The molecular weight excluding hydrogens is 456 g/mol. The molecule has 0 unspecified atom stereocenters. The van der Waals surface area contributed by atoms with Crippen LogP contribution in [0.4, 0.5) is 5.69 Å². The number of para-hydroxylation sites is 1. The number of amides is 1. The van der Waals surface area contributed by atoms with E-state index in [1.165, 1.54) is 11.3 Å². The van der Waals surface area contributed by atoms with Crippen LogP contribution in [-0.4, -0.2) is 23.5 Å². The van der Waals surface area contributed by atoms with Crippen LogP contribution in [-0.2, 0) is 10.2 Å². The Morgan fingerprint density at radius 3 is 2.29 bits per heavy atom. The fourth-order valence-corrected chi connectivity index (χ4v) is 4.56. The van der Waals surface area contributed by atoms with Crippen LogP contribution in [0.1, 0.15) is 53.4 Å². The van der Waals surface area contributed by atoms with Gasteiger partial charge in [0.15, 0.2) is 0 Å². The molecule has 0 bridgehead atoms. The van der Waals surface area contributed by atoms with E-state index in [1.807, 2.05) is 60.0 Å². The van der Waals surface area contributed by atoms with Gasteiger partial charge in [0.05, 0.1) is 18.0 Å². The van der Waals surface area contributed by atoms with E-state index in [9.17, 15) is 9.59 Å². The number of thiazole rings is 1. The van der Waals surface area contributed by atoms with Gasteiger partial charge in [-0.05, 0) is 35.6 Å². The van der Waals surface area contributed by atoms with Gasteiger partial charge >= 0.3 is 5.97 Å². The smallest absolute Gasteiger partial charge is 0.367 e. The first-order chi connectivity index (χ1) is 16.8. The van der Waals surface area contributed by atoms with E-state index in [0.717, 1.165) is 27.9 Å². The Morgan fingerprint density at radius 2 is 1.63 bits per heavy atom. The molecule has 3 aromatic carbocycles. The molecule has 0 radical (unpaired) electrons. The van der Waals surface area contributed by atoms with Crippen LogP contribution in [0.15, 0.2) is 78.2 Å². The molecule has 1 amide bonds. The molecule has 0 spiro atoms. The minimum absolute atomic E-state index is 0.154. The van der Waals surface area contributed by atoms with Gasteiger partial charge in [-0.2, -0.15) is 0 Å². The molecule has 1 heterocycles. The predicted octanol–water partition coefficient (Wildman–Crippen LogP) is 7.20. The van der Waals surface area contributed by atoms with Gasteiger partial charge in [0, 0.05) is 22.1 Å². The summed E-state index contributed by atoms with van der Waals surface area (Å²) in [6.45, 7) is 8.49. The van der Waals surface area contributed by atoms with Crippen molar-refractivity contribution < 1.29 is 14.3 Å². The van der Waals surface area contributed by atoms with Crippen LogP contribution in [0.2, 0.25) is 0 Å². The van der Waals surface area contributed by atoms with Crippen LogP contribution in [0, 0.1) is 0 Å². The Hall–Kier alpha value is -3.77. The van der Waals surface area contributed by atoms with Crippen LogP contribution in [0.5, 0.6) is 0 Å². The first-order valence-corrected chi connectivity index (χ1v) is 12.4. The highest BCUT2D eigenvalue weighted by Gasteiger charge is 2.22. The Bertz CT molecular complexity index is 1340. The minimum Gasteiger partial charge on any atom is -0.461 e. The van der Waals surface area contributed by atoms with E-state index in [4.69, 9.17) is 4.74 Å². The normalized spacial score (nSPS) is 11.2. The number of nitrogens with one attached hydrogen (secondary N) is 1. The van der Waals surface area contributed by atoms with E-state index in [1.54, 1.807) is 19.1 Å². The number of rotatable bonds is 6. The number of ether oxygens (including phenoxy) is 1. The van der Waals surface area contributed by atoms with E-state index in [0.29, 0.717) is 22.9 Å². The van der Waals surface area contributed by atoms with E-state index < -0.39 is 5.97 Å². The summed E-state index contributed by atoms with van der Waals surface area (Å²) in [6, 6.07) is 23.4. The van der Waals surface area contributed by atoms with Crippen molar-refractivity contribution in [2.45, 2.75) is 33.1 Å². The zero-order valence-corrected chi connectivity index (χ0v) is 21.1. The number of aromatic nitrogens is 1. The van der Waals surface area contributed by atoms with Gasteiger partial charge in [-0.15, -0.1) is 11.3 Å². The fourth-order valence-electron chi connectivity index (χ4n) is 3.84. The Kier molecular flexibility index (Phi) is 7.12. The lowest BCUT2D eigenvalue weighted by molar-refractivity contribution is 0.0526. The maximum Gasteiger partial charge on any atom is 0.367 e. The van der Waals surface area contributed by atoms with Gasteiger partial charge < -0.3 is 10.1 Å². The molecule has 0 saturated heterocycles. The second-order valence-electron chi connectivity index (χ2n) is 9.13. The van der Waals surface area contributed by atoms with Crippen LogP contribution >= 0.6 is 11.3 Å². The highest BCUT2D eigenvalue weighted by molar-refractivity contribution is 7.11. The lowest BCUT2D eigenvalue weighted by Crippen LogP contribution is -2.19. The van der Waals surface area contributed by atoms with Crippen molar-refractivity contribution in [3.63, 3.8) is 0 Å². The van der Waals surface area contributed by atoms with Crippen LogP contribution in [0.3, 0.4) is 0 Å². The second kappa shape index (κ2) is 10.2. The highest BCUT2D eigenvalue weighted by Crippen LogP contribution is 2.37. The number of benzene rings is 3. The van der Waals surface area contributed by atoms with Gasteiger partial charge in [0.2, 0.25) is 5.01 Å². The quantitative estimate of drug-likeness (QED) is 0.294. The summed E-state index contributed by atoms with van der Waals surface area (Å²) < 4.78 is 5.02. The van der Waals surface area contributed by atoms with Gasteiger partial charge in [-0.3, -0.25) is 4.79 Å². The third-order valence-electron chi connectivity index (χ3n) is 5.59. The summed E-state index contributed by atoms with van der Waals surface area (Å²) in [4.78, 5) is 29.6. The summed E-state index contributed by atoms with van der Waals surface area (Å²) in [5.74, 6) is -0.609. The van der Waals surface area contributed by atoms with Gasteiger partial charge in [-0.25, -0.2) is 9.78 Å². The number of carbonyl (C=O) groups is 2. The number of anilines is 1. The fraction of sp³-hybridized carbons (Fsp3) is 0.207. The molecule has 0 aliphatic rings. The molecule has 1 N–H and O–H groups in total. The zero-order chi connectivity index (χ0) is 25.0. The molecule has 5 nitrogen and oxygen atoms in total. The van der Waals surface area contributed by atoms with Gasteiger partial charge in [-0.1, -0.05) is 81.4 Å². The zero-order valence-electron chi connectivity index (χ0n) is 20.3. The Morgan fingerprint density at radius 1 is 0.914 bits per heavy atom. The standard InChI is InChI=1S/C29H28N2O3S/c1-5-34-28(33)27-30-24(18-35-27)20-14-16-21(17-15-20)26(32)31-25-22(19-10-7-6-8-11-19)12-9-13-23(25)29(2,3)4/h6-18H,5H2,1-4H3,(H,31,32). The maximum absolute atomic E-state index is 13.3. The Labute approximate surface area is 209 Å². The van der Waals surface area contributed by atoms with Crippen molar-refractivity contribution in [2.75, 3.05) is 11.9 Å². The average molecular weight is 485 g/mol. The highest BCUT2D eigenvalue weighted by atomic mass is 32.1. The average Bonchev–Trinajstić information content (AvgIpc) is 3.35. The van der Waals surface area contributed by atoms with Crippen molar-refractivity contribution >= 4 is 28.9 Å². The topological polar surface area (TPSA) is 68.3 Å². The molecule has 0 atom stereocenters. The maximum atomic E-state index is 13.3. The van der Waals surface area contributed by atoms with Crippen molar-refractivity contribution in [2.24, 2.45) is 0 Å². The van der Waals surface area contributed by atoms with E-state index in [2.05, 4.69) is 37.1 Å². The molecule has 4 rings (SSSR count). The number of esters is 1. The SMILES string of the molecule is CCOC(=O)c1nc(-c2ccc(C(=O)Nc3c(-c4ccccc4)cccc3C(C)(C)C)cc2)cs1. The molecule has 0 saturated carbocycles. The first-order valence-electron chi connectivity index (χ1n) is 11.5. The summed E-state index contributed by atoms with van der Waals surface area (Å²) >= 11 is 1.24. The van der Waals surface area contributed by atoms with Gasteiger partial charge in [0.1, 0.15) is 0 Å². The van der Waals surface area contributed by atoms with Crippen molar-refractivity contribution in [1.29, 1.82) is 0 Å². The third-order valence-corrected chi connectivity index (χ3v) is 6.42. The second-order valence-corrected chi connectivity index (χ2v) is 9.99. The lowest BCUT2D eigenvalue weighted by atomic mass is 9.83. The van der Waals surface area contributed by atoms with E-state index >= 15 is 0 Å². The van der Waals surface area contributed by atoms with Crippen molar-refractivity contribution in [3.05, 3.63) is 94.3 Å². The largest absolute Gasteiger partial charge is 0.461 e. The molecule has 1 aromatic heterocycles. The van der Waals surface area contributed by atoms with Gasteiger partial charge in [0.25, 0.3) is 5.91 Å². The predicted molar refractivity (Wildman–Crippen MR) is 142 cm³/mol. The third kappa shape index (κ3) is 5.49. The lowest BCUT2D eigenvalue weighted by Gasteiger charge is -2.25. The molecule has 178 valence electrons. The summed E-state index contributed by atoms with van der Waals surface area (Å²) in [7, 11) is 0. The van der Waals surface area contributed by atoms with Crippen LogP contribution in [0.25, 0.3) is 22.4 Å². The molecule has 0 aliphatic carbocycles. The van der Waals surface area contributed by atoms with E-state index in [-0.39, 0.29) is 11.3 Å². The first kappa shape index (κ1) is 24.4. The molecule has 4 aromatic rings. The number of hydrogen-bond donors (Lipinski definition) is 1. The molecule has 35 heavy (non-hydrogen) atoms. The molecule has 0 fully saturated rings. The summed E-state index contributed by atoms with van der Waals surface area (Å²) in [5.41, 5.74) is 5.80. The van der Waals surface area contributed by atoms with Crippen molar-refractivity contribution in [1.82, 2.24) is 4.98 Å². The number of hydrogen-bond acceptors (Lipinski definition) is 5. The molecule has 0 aliphatic heterocycles. The van der Waals surface area contributed by atoms with Crippen molar-refractivity contribution in [3.8, 4) is 22.4 Å². The van der Waals surface area contributed by atoms with Crippen LogP contribution < -0.4 is 5.32 Å². The number of nitrogens with zero attached hydrogens (tertiary/aromatic N) is 1. The minimum atomic E-state index is -0.425. The Balaban J connectivity index is 1.61. The summed E-state index contributed by atoms with van der Waals surface area (Å²) in [5, 5.41) is 5.31. The molecular formula is C29H28N2O3S. The monoisotopic (exact) mass is 484 g/mol.